The van der Waals surface area contributed by atoms with E-state index in [9.17, 15) is 0 Å². The zero-order chi connectivity index (χ0) is 10.5. The molecule has 2 rings (SSSR count). The zero-order valence-corrected chi connectivity index (χ0v) is 9.92. The molecule has 15 heavy (non-hydrogen) atoms. The first kappa shape index (κ1) is 10.5. The van der Waals surface area contributed by atoms with Crippen molar-refractivity contribution in [3.63, 3.8) is 0 Å². The molecule has 0 aromatic heterocycles. The van der Waals surface area contributed by atoms with E-state index in [0.717, 1.165) is 0 Å². The summed E-state index contributed by atoms with van der Waals surface area (Å²) in [4.78, 5) is 0. The van der Waals surface area contributed by atoms with E-state index in [1.54, 1.807) is 0 Å². The van der Waals surface area contributed by atoms with E-state index in [0.29, 0.717) is 0 Å². The predicted octanol–water partition coefficient (Wildman–Crippen LogP) is 3.08. The quantitative estimate of drug-likeness (QED) is 0.577. The van der Waals surface area contributed by atoms with Crippen molar-refractivity contribution < 1.29 is 0 Å². The third-order valence-corrected chi connectivity index (χ3v) is 4.73. The van der Waals surface area contributed by atoms with Crippen molar-refractivity contribution in [2.45, 2.75) is 0 Å². The fourth-order valence-corrected chi connectivity index (χ4v) is 3.71. The van der Waals surface area contributed by atoms with Gasteiger partial charge in [-0.1, -0.05) is 72.9 Å². The highest BCUT2D eigenvalue weighted by Gasteiger charge is 2.08. The maximum Gasteiger partial charge on any atom is 0.0117 e. The van der Waals surface area contributed by atoms with Crippen molar-refractivity contribution >= 4 is 35.9 Å². The van der Waals surface area contributed by atoms with E-state index in [2.05, 4.69) is 48.5 Å². The molecule has 0 aliphatic rings. The van der Waals surface area contributed by atoms with Crippen molar-refractivity contribution in [3.8, 4) is 0 Å². The van der Waals surface area contributed by atoms with Gasteiger partial charge in [0.15, 0.2) is 0 Å². The summed E-state index contributed by atoms with van der Waals surface area (Å²) in [5.41, 5.74) is 0. The van der Waals surface area contributed by atoms with Gasteiger partial charge < -0.3 is 0 Å². The van der Waals surface area contributed by atoms with Crippen LogP contribution < -0.4 is 10.6 Å². The lowest BCUT2D eigenvalue weighted by Gasteiger charge is -2.12. The largest absolute Gasteiger partial charge is 0.0875 e. The van der Waals surface area contributed by atoms with Crippen molar-refractivity contribution in [3.05, 3.63) is 60.7 Å². The van der Waals surface area contributed by atoms with Gasteiger partial charge in [-0.15, -0.1) is 0 Å². The zero-order valence-electron chi connectivity index (χ0n) is 8.21. The fourth-order valence-electron chi connectivity index (χ4n) is 1.45. The normalized spacial score (nSPS) is 10.2. The van der Waals surface area contributed by atoms with E-state index in [4.69, 9.17) is 12.2 Å². The van der Waals surface area contributed by atoms with E-state index < -0.39 is 7.92 Å². The average molecular weight is 230 g/mol. The number of hydrogen-bond donors (Lipinski definition) is 0. The molecule has 74 valence electrons. The summed E-state index contributed by atoms with van der Waals surface area (Å²) in [5, 5.41) is 4.52. The molecule has 0 heterocycles. The number of rotatable bonds is 3. The third-order valence-electron chi connectivity index (χ3n) is 2.17. The minimum Gasteiger partial charge on any atom is -0.0875 e. The second-order valence-electron chi connectivity index (χ2n) is 3.15. The van der Waals surface area contributed by atoms with Crippen molar-refractivity contribution in [2.24, 2.45) is 0 Å². The summed E-state index contributed by atoms with van der Waals surface area (Å²) in [5.74, 6) is 0. The van der Waals surface area contributed by atoms with Crippen LogP contribution in [0.15, 0.2) is 60.7 Å². The predicted molar refractivity (Wildman–Crippen MR) is 72.7 cm³/mol. The Morgan fingerprint density at radius 3 is 1.47 bits per heavy atom. The first-order valence-corrected chi connectivity index (χ1v) is 6.64. The van der Waals surface area contributed by atoms with Gasteiger partial charge in [-0.05, 0) is 18.5 Å². The van der Waals surface area contributed by atoms with E-state index in [1.807, 2.05) is 17.2 Å². The Balaban J connectivity index is 2.38. The monoisotopic (exact) mass is 230 g/mol. The van der Waals surface area contributed by atoms with Gasteiger partial charge in [-0.25, -0.2) is 0 Å². The van der Waals surface area contributed by atoms with Gasteiger partial charge in [0.25, 0.3) is 0 Å². The molecule has 0 amide bonds. The van der Waals surface area contributed by atoms with Crippen LogP contribution in [0.3, 0.4) is 0 Å². The third kappa shape index (κ3) is 2.50. The number of thiocarbonyl (C=S) groups is 1. The maximum absolute atomic E-state index is 5.14. The summed E-state index contributed by atoms with van der Waals surface area (Å²) in [6.45, 7) is 0. The Labute approximate surface area is 96.7 Å². The fraction of sp³-hybridized carbons (Fsp3) is 0. The molecule has 0 saturated carbocycles. The number of hydrogen-bond acceptors (Lipinski definition) is 1. The summed E-state index contributed by atoms with van der Waals surface area (Å²) >= 11 is 5.14. The molecule has 0 fully saturated rings. The molecule has 0 spiro atoms. The van der Waals surface area contributed by atoms with Gasteiger partial charge in [-0.3, -0.25) is 0 Å². The highest BCUT2D eigenvalue weighted by atomic mass is 32.1. The van der Waals surface area contributed by atoms with Crippen LogP contribution in [0.4, 0.5) is 0 Å². The topological polar surface area (TPSA) is 0 Å². The Morgan fingerprint density at radius 2 is 1.13 bits per heavy atom. The Morgan fingerprint density at radius 1 is 0.733 bits per heavy atom. The van der Waals surface area contributed by atoms with Crippen LogP contribution in [0.1, 0.15) is 0 Å². The SMILES string of the molecule is S=CP(c1ccccc1)c1ccccc1. The van der Waals surface area contributed by atoms with Gasteiger partial charge in [0.2, 0.25) is 0 Å². The molecule has 0 nitrogen and oxygen atoms in total. The molecule has 2 aromatic rings. The van der Waals surface area contributed by atoms with E-state index in [-0.39, 0.29) is 0 Å². The maximum atomic E-state index is 5.14. The summed E-state index contributed by atoms with van der Waals surface area (Å²) in [6, 6.07) is 20.9. The minimum atomic E-state index is -0.459. The molecule has 0 aliphatic carbocycles. The molecular weight excluding hydrogens is 219 g/mol. The van der Waals surface area contributed by atoms with Crippen LogP contribution >= 0.6 is 20.1 Å². The molecule has 0 atom stereocenters. The van der Waals surface area contributed by atoms with E-state index in [1.165, 1.54) is 10.6 Å². The average Bonchev–Trinajstić information content (AvgIpc) is 2.33. The molecule has 0 bridgehead atoms. The summed E-state index contributed by atoms with van der Waals surface area (Å²) in [6.07, 6.45) is 0. The van der Waals surface area contributed by atoms with Crippen LogP contribution in [0.2, 0.25) is 0 Å². The second-order valence-corrected chi connectivity index (χ2v) is 5.76. The van der Waals surface area contributed by atoms with Crippen LogP contribution in [0, 0.1) is 0 Å². The molecule has 0 saturated heterocycles. The van der Waals surface area contributed by atoms with Gasteiger partial charge in [0, 0.05) is 5.11 Å². The first-order chi connectivity index (χ1) is 7.42. The first-order valence-electron chi connectivity index (χ1n) is 4.76. The standard InChI is InChI=1S/C13H11PS/c15-11-14(12-7-3-1-4-8-12)13-9-5-2-6-10-13/h1-11H. The minimum absolute atomic E-state index is 0.459. The Kier molecular flexibility index (Phi) is 3.60. The van der Waals surface area contributed by atoms with E-state index >= 15 is 0 Å². The lowest BCUT2D eigenvalue weighted by atomic mass is 10.4. The Bertz CT molecular complexity index is 385. The summed E-state index contributed by atoms with van der Waals surface area (Å²) < 4.78 is 0. The van der Waals surface area contributed by atoms with Gasteiger partial charge in [0.05, 0.1) is 0 Å². The van der Waals surface area contributed by atoms with Crippen molar-refractivity contribution in [1.29, 1.82) is 0 Å². The molecular formula is C13H11PS. The van der Waals surface area contributed by atoms with Crippen LogP contribution in [-0.4, -0.2) is 5.11 Å². The molecule has 0 unspecified atom stereocenters. The van der Waals surface area contributed by atoms with Crippen LogP contribution in [0.5, 0.6) is 0 Å². The van der Waals surface area contributed by atoms with Gasteiger partial charge >= 0.3 is 0 Å². The second kappa shape index (κ2) is 5.16. The van der Waals surface area contributed by atoms with Crippen molar-refractivity contribution in [2.75, 3.05) is 0 Å². The number of benzene rings is 2. The molecule has 0 radical (unpaired) electrons. The molecule has 0 N–H and O–H groups in total. The lowest BCUT2D eigenvalue weighted by Crippen LogP contribution is -2.10. The Hall–Kier alpha value is -1.04. The highest BCUT2D eigenvalue weighted by Crippen LogP contribution is 2.29. The summed E-state index contributed by atoms with van der Waals surface area (Å²) in [7, 11) is -0.459. The smallest absolute Gasteiger partial charge is 0.0117 e. The van der Waals surface area contributed by atoms with Crippen LogP contribution in [0.25, 0.3) is 0 Å². The van der Waals surface area contributed by atoms with Gasteiger partial charge in [0.1, 0.15) is 0 Å². The molecule has 2 aromatic carbocycles. The lowest BCUT2D eigenvalue weighted by molar-refractivity contribution is 1.76. The molecule has 0 aliphatic heterocycles. The van der Waals surface area contributed by atoms with Crippen molar-refractivity contribution in [1.82, 2.24) is 0 Å². The molecule has 2 heteroatoms. The van der Waals surface area contributed by atoms with Gasteiger partial charge in [-0.2, -0.15) is 0 Å². The highest BCUT2D eigenvalue weighted by molar-refractivity contribution is 8.02. The van der Waals surface area contributed by atoms with Crippen LogP contribution in [-0.2, 0) is 0 Å².